The Morgan fingerprint density at radius 3 is 2.58 bits per heavy atom. The van der Waals surface area contributed by atoms with Crippen LogP contribution in [0.3, 0.4) is 0 Å². The van der Waals surface area contributed by atoms with Crippen molar-refractivity contribution in [3.63, 3.8) is 0 Å². The molecule has 2 heterocycles. The molecular weight excluding hydrogens is 309 g/mol. The molecule has 6 heteroatoms. The number of Topliss-reactive ketones (excluding diaryl/α,β-unsaturated/α-hetero) is 1. The third kappa shape index (κ3) is 2.71. The van der Waals surface area contributed by atoms with Crippen molar-refractivity contribution < 1.29 is 14.0 Å². The molecule has 0 amide bonds. The minimum Gasteiger partial charge on any atom is -0.367 e. The Kier molecular flexibility index (Phi) is 3.84. The van der Waals surface area contributed by atoms with Crippen LogP contribution in [0, 0.1) is 5.82 Å². The first-order chi connectivity index (χ1) is 11.7. The van der Waals surface area contributed by atoms with Crippen LogP contribution in [0.15, 0.2) is 23.9 Å². The maximum absolute atomic E-state index is 14.7. The molecule has 0 aromatic heterocycles. The van der Waals surface area contributed by atoms with Crippen molar-refractivity contribution in [3.05, 3.63) is 35.3 Å². The number of rotatable bonds is 3. The summed E-state index contributed by atoms with van der Waals surface area (Å²) in [5.41, 5.74) is 2.27. The van der Waals surface area contributed by atoms with E-state index in [2.05, 4.69) is 5.32 Å². The molecule has 0 spiro atoms. The van der Waals surface area contributed by atoms with E-state index < -0.39 is 0 Å². The highest BCUT2D eigenvalue weighted by Gasteiger charge is 2.33. The molecule has 1 aromatic carbocycles. The molecule has 1 saturated heterocycles. The van der Waals surface area contributed by atoms with Gasteiger partial charge in [-0.3, -0.25) is 9.59 Å². The first-order valence-electron chi connectivity index (χ1n) is 8.44. The van der Waals surface area contributed by atoms with Crippen LogP contribution in [-0.4, -0.2) is 44.3 Å². The van der Waals surface area contributed by atoms with Crippen LogP contribution in [0.4, 0.5) is 15.8 Å². The molecule has 126 valence electrons. The Labute approximate surface area is 140 Å². The number of carbonyl (C=O) groups is 2. The van der Waals surface area contributed by atoms with E-state index in [1.807, 2.05) is 15.9 Å². The molecule has 2 aliphatic heterocycles. The van der Waals surface area contributed by atoms with E-state index >= 15 is 0 Å². The number of benzene rings is 1. The van der Waals surface area contributed by atoms with Gasteiger partial charge in [0.2, 0.25) is 0 Å². The zero-order valence-electron chi connectivity index (χ0n) is 13.4. The molecular formula is C18H20FN3O2. The molecule has 0 bridgehead atoms. The quantitative estimate of drug-likeness (QED) is 0.671. The van der Waals surface area contributed by atoms with E-state index in [1.54, 1.807) is 6.20 Å². The van der Waals surface area contributed by atoms with Gasteiger partial charge in [-0.05, 0) is 30.5 Å². The Bertz CT molecular complexity index is 721. The molecule has 0 atom stereocenters. The summed E-state index contributed by atoms with van der Waals surface area (Å²) in [6.07, 6.45) is 4.38. The highest BCUT2D eigenvalue weighted by atomic mass is 19.1. The van der Waals surface area contributed by atoms with Crippen molar-refractivity contribution in [2.24, 2.45) is 0 Å². The van der Waals surface area contributed by atoms with Gasteiger partial charge >= 0.3 is 0 Å². The summed E-state index contributed by atoms with van der Waals surface area (Å²) < 4.78 is 14.7. The fourth-order valence-corrected chi connectivity index (χ4v) is 3.44. The number of aldehydes is 1. The van der Waals surface area contributed by atoms with E-state index in [0.29, 0.717) is 23.6 Å². The Morgan fingerprint density at radius 1 is 1.17 bits per heavy atom. The second kappa shape index (κ2) is 6.02. The molecule has 1 N–H and O–H groups in total. The molecule has 2 fully saturated rings. The maximum Gasteiger partial charge on any atom is 0.172 e. The molecule has 1 saturated carbocycles. The average molecular weight is 329 g/mol. The van der Waals surface area contributed by atoms with Gasteiger partial charge in [0.25, 0.3) is 0 Å². The van der Waals surface area contributed by atoms with Gasteiger partial charge in [0.15, 0.2) is 12.1 Å². The first kappa shape index (κ1) is 15.3. The number of piperazine rings is 1. The lowest BCUT2D eigenvalue weighted by Gasteiger charge is -2.31. The molecule has 0 radical (unpaired) electrons. The van der Waals surface area contributed by atoms with Gasteiger partial charge in [-0.2, -0.15) is 0 Å². The predicted molar refractivity (Wildman–Crippen MR) is 89.8 cm³/mol. The third-order valence-corrected chi connectivity index (χ3v) is 4.90. The number of nitrogens with one attached hydrogen (secondary N) is 1. The van der Waals surface area contributed by atoms with E-state index in [0.717, 1.165) is 44.7 Å². The number of hydrogen-bond donors (Lipinski definition) is 1. The van der Waals surface area contributed by atoms with Gasteiger partial charge in [0, 0.05) is 50.5 Å². The molecule has 5 nitrogen and oxygen atoms in total. The molecule has 0 unspecified atom stereocenters. The normalized spacial score (nSPS) is 21.2. The summed E-state index contributed by atoms with van der Waals surface area (Å²) in [5.74, 6) is -0.544. The SMILES string of the molecule is O=CC1=CN(C2CC2)c2cc(N3CCNCC3)c(F)cc2CC1=O. The van der Waals surface area contributed by atoms with Crippen LogP contribution in [0.25, 0.3) is 0 Å². The summed E-state index contributed by atoms with van der Waals surface area (Å²) in [5, 5.41) is 3.26. The van der Waals surface area contributed by atoms with Crippen LogP contribution in [-0.2, 0) is 16.0 Å². The van der Waals surface area contributed by atoms with Gasteiger partial charge in [-0.1, -0.05) is 0 Å². The fraction of sp³-hybridized carbons (Fsp3) is 0.444. The standard InChI is InChI=1S/C18H20FN3O2/c19-15-7-12-8-18(24)13(11-23)10-22(14-1-2-14)16(12)9-17(15)21-5-3-20-4-6-21/h7,9-11,14,20H,1-6,8H2. The van der Waals surface area contributed by atoms with Gasteiger partial charge in [-0.15, -0.1) is 0 Å². The van der Waals surface area contributed by atoms with Crippen molar-refractivity contribution >= 4 is 23.4 Å². The lowest BCUT2D eigenvalue weighted by molar-refractivity contribution is -0.117. The first-order valence-corrected chi connectivity index (χ1v) is 8.44. The van der Waals surface area contributed by atoms with Crippen LogP contribution in [0.1, 0.15) is 18.4 Å². The van der Waals surface area contributed by atoms with Crippen molar-refractivity contribution in [3.8, 4) is 0 Å². The Balaban J connectivity index is 1.79. The monoisotopic (exact) mass is 329 g/mol. The molecule has 4 rings (SSSR count). The zero-order chi connectivity index (χ0) is 16.7. The number of nitrogens with zero attached hydrogens (tertiary/aromatic N) is 2. The number of fused-ring (bicyclic) bond motifs is 1. The van der Waals surface area contributed by atoms with E-state index in [-0.39, 0.29) is 23.6 Å². The topological polar surface area (TPSA) is 52.7 Å². The summed E-state index contributed by atoms with van der Waals surface area (Å²) in [6, 6.07) is 3.62. The van der Waals surface area contributed by atoms with Gasteiger partial charge in [0.05, 0.1) is 11.3 Å². The zero-order valence-corrected chi connectivity index (χ0v) is 13.4. The number of halogens is 1. The highest BCUT2D eigenvalue weighted by Crippen LogP contribution is 2.39. The van der Waals surface area contributed by atoms with Gasteiger partial charge < -0.3 is 15.1 Å². The smallest absolute Gasteiger partial charge is 0.172 e. The second-order valence-electron chi connectivity index (χ2n) is 6.61. The van der Waals surface area contributed by atoms with Crippen molar-refractivity contribution in [2.45, 2.75) is 25.3 Å². The Morgan fingerprint density at radius 2 is 1.92 bits per heavy atom. The van der Waals surface area contributed by atoms with Gasteiger partial charge in [0.1, 0.15) is 5.82 Å². The largest absolute Gasteiger partial charge is 0.367 e. The third-order valence-electron chi connectivity index (χ3n) is 4.90. The number of hydrogen-bond acceptors (Lipinski definition) is 5. The lowest BCUT2D eigenvalue weighted by atomic mass is 10.0. The summed E-state index contributed by atoms with van der Waals surface area (Å²) in [7, 11) is 0. The summed E-state index contributed by atoms with van der Waals surface area (Å²) >= 11 is 0. The van der Waals surface area contributed by atoms with E-state index in [9.17, 15) is 14.0 Å². The molecule has 1 aromatic rings. The molecule has 24 heavy (non-hydrogen) atoms. The van der Waals surface area contributed by atoms with E-state index in [1.165, 1.54) is 6.07 Å². The van der Waals surface area contributed by atoms with Crippen molar-refractivity contribution in [2.75, 3.05) is 36.0 Å². The second-order valence-corrected chi connectivity index (χ2v) is 6.61. The van der Waals surface area contributed by atoms with Gasteiger partial charge in [-0.25, -0.2) is 4.39 Å². The molecule has 3 aliphatic rings. The fourth-order valence-electron chi connectivity index (χ4n) is 3.44. The van der Waals surface area contributed by atoms with Crippen molar-refractivity contribution in [1.29, 1.82) is 0 Å². The van der Waals surface area contributed by atoms with Crippen LogP contribution in [0.5, 0.6) is 0 Å². The minimum atomic E-state index is -0.297. The molecule has 1 aliphatic carbocycles. The number of allylic oxidation sites excluding steroid dienone is 1. The Hall–Kier alpha value is -2.21. The van der Waals surface area contributed by atoms with Crippen molar-refractivity contribution in [1.82, 2.24) is 5.32 Å². The predicted octanol–water partition coefficient (Wildman–Crippen LogP) is 1.41. The summed E-state index contributed by atoms with van der Waals surface area (Å²) in [6.45, 7) is 3.17. The van der Waals surface area contributed by atoms with Crippen LogP contribution < -0.4 is 15.1 Å². The number of ketones is 1. The lowest BCUT2D eigenvalue weighted by Crippen LogP contribution is -2.44. The van der Waals surface area contributed by atoms with Crippen LogP contribution in [0.2, 0.25) is 0 Å². The minimum absolute atomic E-state index is 0.0713. The number of anilines is 2. The number of carbonyl (C=O) groups excluding carboxylic acids is 2. The van der Waals surface area contributed by atoms with E-state index in [4.69, 9.17) is 0 Å². The maximum atomic E-state index is 14.7. The van der Waals surface area contributed by atoms with Crippen LogP contribution >= 0.6 is 0 Å². The summed E-state index contributed by atoms with van der Waals surface area (Å²) in [4.78, 5) is 27.5. The highest BCUT2D eigenvalue weighted by molar-refractivity contribution is 6.13. The average Bonchev–Trinajstić information content (AvgIpc) is 3.42.